The lowest BCUT2D eigenvalue weighted by molar-refractivity contribution is 0.793. The highest BCUT2D eigenvalue weighted by atomic mass is 32.1. The molecule has 0 radical (unpaired) electrons. The van der Waals surface area contributed by atoms with E-state index in [2.05, 4.69) is 34.7 Å². The van der Waals surface area contributed by atoms with Crippen LogP contribution in [0.15, 0.2) is 35.7 Å². The summed E-state index contributed by atoms with van der Waals surface area (Å²) in [6, 6.07) is 10.7. The third-order valence-electron chi connectivity index (χ3n) is 2.37. The first-order valence-corrected chi connectivity index (χ1v) is 6.34. The third kappa shape index (κ3) is 3.07. The summed E-state index contributed by atoms with van der Waals surface area (Å²) in [5, 5.41) is 5.53. The fourth-order valence-corrected chi connectivity index (χ4v) is 2.49. The van der Waals surface area contributed by atoms with Gasteiger partial charge in [-0.2, -0.15) is 0 Å². The van der Waals surface area contributed by atoms with Crippen LogP contribution in [0.1, 0.15) is 17.5 Å². The van der Waals surface area contributed by atoms with Gasteiger partial charge in [0.1, 0.15) is 5.82 Å². The summed E-state index contributed by atoms with van der Waals surface area (Å²) < 4.78 is 0. The van der Waals surface area contributed by atoms with Crippen LogP contribution < -0.4 is 5.32 Å². The van der Waals surface area contributed by atoms with Crippen LogP contribution in [0.25, 0.3) is 0 Å². The zero-order chi connectivity index (χ0) is 11.4. The Kier molecular flexibility index (Phi) is 3.57. The van der Waals surface area contributed by atoms with Gasteiger partial charge in [-0.3, -0.25) is 0 Å². The van der Waals surface area contributed by atoms with Crippen molar-refractivity contribution in [2.24, 2.45) is 0 Å². The molecule has 2 nitrogen and oxygen atoms in total. The van der Waals surface area contributed by atoms with Gasteiger partial charge in [0.25, 0.3) is 0 Å². The van der Waals surface area contributed by atoms with Gasteiger partial charge in [-0.1, -0.05) is 12.1 Å². The Morgan fingerprint density at radius 1 is 1.31 bits per heavy atom. The summed E-state index contributed by atoms with van der Waals surface area (Å²) in [6.45, 7) is 4.19. The second kappa shape index (κ2) is 5.12. The van der Waals surface area contributed by atoms with Crippen molar-refractivity contribution in [1.82, 2.24) is 4.98 Å². The fourth-order valence-electron chi connectivity index (χ4n) is 1.66. The predicted molar refractivity (Wildman–Crippen MR) is 70.1 cm³/mol. The molecular weight excluding hydrogens is 216 g/mol. The number of anilines is 1. The SMILES string of the molecule is Cc1cccc(NC(C)Cc2cccs2)n1. The minimum atomic E-state index is 0.410. The average Bonchev–Trinajstić information content (AvgIpc) is 2.70. The summed E-state index contributed by atoms with van der Waals surface area (Å²) in [6.07, 6.45) is 1.05. The maximum atomic E-state index is 4.43. The van der Waals surface area contributed by atoms with Crippen molar-refractivity contribution in [3.8, 4) is 0 Å². The molecule has 2 heterocycles. The molecule has 0 saturated heterocycles. The predicted octanol–water partition coefficient (Wildman–Crippen LogP) is 3.49. The molecule has 0 aromatic carbocycles. The van der Waals surface area contributed by atoms with Gasteiger partial charge in [-0.05, 0) is 37.4 Å². The highest BCUT2D eigenvalue weighted by Crippen LogP contribution is 2.13. The quantitative estimate of drug-likeness (QED) is 0.872. The normalized spacial score (nSPS) is 12.4. The standard InChI is InChI=1S/C13H16N2S/c1-10-5-3-7-13(14-10)15-11(2)9-12-6-4-8-16-12/h3-8,11H,9H2,1-2H3,(H,14,15). The molecule has 0 aliphatic rings. The zero-order valence-electron chi connectivity index (χ0n) is 9.60. The van der Waals surface area contributed by atoms with Crippen LogP contribution in [0.3, 0.4) is 0 Å². The molecule has 0 aliphatic carbocycles. The number of nitrogens with one attached hydrogen (secondary N) is 1. The maximum Gasteiger partial charge on any atom is 0.126 e. The van der Waals surface area contributed by atoms with Crippen molar-refractivity contribution in [3.05, 3.63) is 46.3 Å². The largest absolute Gasteiger partial charge is 0.367 e. The van der Waals surface area contributed by atoms with Gasteiger partial charge in [0.05, 0.1) is 0 Å². The van der Waals surface area contributed by atoms with Crippen molar-refractivity contribution in [3.63, 3.8) is 0 Å². The monoisotopic (exact) mass is 232 g/mol. The van der Waals surface area contributed by atoms with E-state index in [1.54, 1.807) is 11.3 Å². The first kappa shape index (κ1) is 11.1. The summed E-state index contributed by atoms with van der Waals surface area (Å²) in [7, 11) is 0. The molecule has 1 atom stereocenters. The molecule has 0 aliphatic heterocycles. The molecule has 0 bridgehead atoms. The van der Waals surface area contributed by atoms with Gasteiger partial charge in [0.15, 0.2) is 0 Å². The highest BCUT2D eigenvalue weighted by Gasteiger charge is 2.04. The van der Waals surface area contributed by atoms with Crippen molar-refractivity contribution >= 4 is 17.2 Å². The molecule has 0 fully saturated rings. The smallest absolute Gasteiger partial charge is 0.126 e. The van der Waals surface area contributed by atoms with E-state index in [1.165, 1.54) is 4.88 Å². The minimum absolute atomic E-state index is 0.410. The van der Waals surface area contributed by atoms with Crippen molar-refractivity contribution in [2.75, 3.05) is 5.32 Å². The molecular formula is C13H16N2S. The average molecular weight is 232 g/mol. The van der Waals surface area contributed by atoms with Crippen molar-refractivity contribution < 1.29 is 0 Å². The molecule has 2 rings (SSSR count). The Morgan fingerprint density at radius 2 is 2.19 bits per heavy atom. The molecule has 16 heavy (non-hydrogen) atoms. The zero-order valence-corrected chi connectivity index (χ0v) is 10.4. The second-order valence-electron chi connectivity index (χ2n) is 3.99. The maximum absolute atomic E-state index is 4.43. The Bertz CT molecular complexity index is 437. The van der Waals surface area contributed by atoms with Crippen LogP contribution in [0.5, 0.6) is 0 Å². The molecule has 3 heteroatoms. The van der Waals surface area contributed by atoms with Gasteiger partial charge in [-0.15, -0.1) is 11.3 Å². The lowest BCUT2D eigenvalue weighted by Gasteiger charge is -2.13. The van der Waals surface area contributed by atoms with E-state index in [0.717, 1.165) is 17.9 Å². The van der Waals surface area contributed by atoms with Crippen LogP contribution >= 0.6 is 11.3 Å². The number of aryl methyl sites for hydroxylation is 1. The number of hydrogen-bond acceptors (Lipinski definition) is 3. The highest BCUT2D eigenvalue weighted by molar-refractivity contribution is 7.09. The summed E-state index contributed by atoms with van der Waals surface area (Å²) >= 11 is 1.80. The molecule has 1 N–H and O–H groups in total. The minimum Gasteiger partial charge on any atom is -0.367 e. The van der Waals surface area contributed by atoms with Crippen LogP contribution in [-0.4, -0.2) is 11.0 Å². The van der Waals surface area contributed by atoms with Crippen LogP contribution in [0, 0.1) is 6.92 Å². The lowest BCUT2D eigenvalue weighted by atomic mass is 10.2. The van der Waals surface area contributed by atoms with E-state index in [1.807, 2.05) is 25.1 Å². The van der Waals surface area contributed by atoms with Crippen LogP contribution in [0.4, 0.5) is 5.82 Å². The Balaban J connectivity index is 1.94. The van der Waals surface area contributed by atoms with Gasteiger partial charge in [0, 0.05) is 23.0 Å². The molecule has 0 spiro atoms. The number of hydrogen-bond donors (Lipinski definition) is 1. The summed E-state index contributed by atoms with van der Waals surface area (Å²) in [5.74, 6) is 0.962. The lowest BCUT2D eigenvalue weighted by Crippen LogP contribution is -2.18. The number of aromatic nitrogens is 1. The first-order chi connectivity index (χ1) is 7.74. The van der Waals surface area contributed by atoms with Gasteiger partial charge >= 0.3 is 0 Å². The van der Waals surface area contributed by atoms with E-state index in [-0.39, 0.29) is 0 Å². The van der Waals surface area contributed by atoms with Gasteiger partial charge < -0.3 is 5.32 Å². The molecule has 2 aromatic rings. The molecule has 2 aromatic heterocycles. The molecule has 0 saturated carbocycles. The van der Waals surface area contributed by atoms with E-state index in [4.69, 9.17) is 0 Å². The molecule has 0 amide bonds. The number of rotatable bonds is 4. The Hall–Kier alpha value is -1.35. The Morgan fingerprint density at radius 3 is 2.88 bits per heavy atom. The third-order valence-corrected chi connectivity index (χ3v) is 3.27. The second-order valence-corrected chi connectivity index (χ2v) is 5.03. The van der Waals surface area contributed by atoms with Crippen LogP contribution in [-0.2, 0) is 6.42 Å². The summed E-state index contributed by atoms with van der Waals surface area (Å²) in [5.41, 5.74) is 1.05. The molecule has 1 unspecified atom stereocenters. The van der Waals surface area contributed by atoms with E-state index in [9.17, 15) is 0 Å². The Labute approximate surface area is 100 Å². The molecule has 84 valence electrons. The van der Waals surface area contributed by atoms with Gasteiger partial charge in [-0.25, -0.2) is 4.98 Å². The van der Waals surface area contributed by atoms with E-state index < -0.39 is 0 Å². The van der Waals surface area contributed by atoms with Crippen molar-refractivity contribution in [1.29, 1.82) is 0 Å². The van der Waals surface area contributed by atoms with E-state index in [0.29, 0.717) is 6.04 Å². The van der Waals surface area contributed by atoms with Crippen LogP contribution in [0.2, 0.25) is 0 Å². The topological polar surface area (TPSA) is 24.9 Å². The number of pyridine rings is 1. The fraction of sp³-hybridized carbons (Fsp3) is 0.308. The number of thiophene rings is 1. The van der Waals surface area contributed by atoms with Crippen molar-refractivity contribution in [2.45, 2.75) is 26.3 Å². The number of nitrogens with zero attached hydrogens (tertiary/aromatic N) is 1. The van der Waals surface area contributed by atoms with E-state index >= 15 is 0 Å². The first-order valence-electron chi connectivity index (χ1n) is 5.46. The summed E-state index contributed by atoms with van der Waals surface area (Å²) in [4.78, 5) is 5.84. The van der Waals surface area contributed by atoms with Gasteiger partial charge in [0.2, 0.25) is 0 Å².